The lowest BCUT2D eigenvalue weighted by Crippen LogP contribution is -2.41. The van der Waals surface area contributed by atoms with Gasteiger partial charge in [-0.15, -0.1) is 0 Å². The van der Waals surface area contributed by atoms with Crippen molar-refractivity contribution in [1.82, 2.24) is 4.31 Å². The van der Waals surface area contributed by atoms with Gasteiger partial charge < -0.3 is 9.47 Å². The van der Waals surface area contributed by atoms with Gasteiger partial charge in [-0.05, 0) is 26.2 Å². The average Bonchev–Trinajstić information content (AvgIpc) is 2.47. The van der Waals surface area contributed by atoms with Crippen LogP contribution in [0, 0.1) is 5.92 Å². The van der Waals surface area contributed by atoms with E-state index >= 15 is 0 Å². The highest BCUT2D eigenvalue weighted by Crippen LogP contribution is 2.21. The molecule has 1 aliphatic heterocycles. The number of carbonyl (C=O) groups excluding carboxylic acids is 2. The van der Waals surface area contributed by atoms with E-state index in [1.807, 2.05) is 0 Å². The quantitative estimate of drug-likeness (QED) is 0.636. The summed E-state index contributed by atoms with van der Waals surface area (Å²) >= 11 is 0. The number of carbonyl (C=O) groups is 2. The number of ether oxygens (including phenoxy) is 2. The molecule has 0 N–H and O–H groups in total. The number of rotatable bonds is 7. The zero-order valence-electron chi connectivity index (χ0n) is 12.5. The van der Waals surface area contributed by atoms with Crippen molar-refractivity contribution in [3.63, 3.8) is 0 Å². The van der Waals surface area contributed by atoms with Gasteiger partial charge in [-0.1, -0.05) is 0 Å². The minimum Gasteiger partial charge on any atom is -0.469 e. The molecular weight excluding hydrogens is 298 g/mol. The summed E-state index contributed by atoms with van der Waals surface area (Å²) in [5.41, 5.74) is 0. The molecule has 0 unspecified atom stereocenters. The Kier molecular flexibility index (Phi) is 7.10. The molecule has 1 heterocycles. The highest BCUT2D eigenvalue weighted by Gasteiger charge is 2.31. The highest BCUT2D eigenvalue weighted by molar-refractivity contribution is 7.89. The van der Waals surface area contributed by atoms with Crippen molar-refractivity contribution in [3.8, 4) is 0 Å². The molecule has 0 amide bonds. The monoisotopic (exact) mass is 321 g/mol. The fraction of sp³-hybridized carbons (Fsp3) is 0.846. The molecule has 0 spiro atoms. The van der Waals surface area contributed by atoms with Gasteiger partial charge in [0.2, 0.25) is 10.0 Å². The maximum Gasteiger partial charge on any atom is 0.309 e. The highest BCUT2D eigenvalue weighted by atomic mass is 32.2. The van der Waals surface area contributed by atoms with E-state index in [9.17, 15) is 18.0 Å². The summed E-state index contributed by atoms with van der Waals surface area (Å²) in [7, 11) is -2.10. The second kappa shape index (κ2) is 8.33. The average molecular weight is 321 g/mol. The van der Waals surface area contributed by atoms with E-state index in [4.69, 9.17) is 4.74 Å². The molecular formula is C13H23NO6S. The molecule has 8 heteroatoms. The molecule has 1 fully saturated rings. The number of sulfonamides is 1. The number of esters is 2. The Balaban J connectivity index is 2.41. The first-order valence-electron chi connectivity index (χ1n) is 7.12. The summed E-state index contributed by atoms with van der Waals surface area (Å²) < 4.78 is 35.0. The van der Waals surface area contributed by atoms with Crippen molar-refractivity contribution in [3.05, 3.63) is 0 Å². The van der Waals surface area contributed by atoms with E-state index in [-0.39, 0.29) is 30.5 Å². The lowest BCUT2D eigenvalue weighted by atomic mass is 9.98. The molecule has 122 valence electrons. The minimum absolute atomic E-state index is 0.0772. The Morgan fingerprint density at radius 3 is 2.38 bits per heavy atom. The van der Waals surface area contributed by atoms with Gasteiger partial charge in [-0.25, -0.2) is 12.7 Å². The molecule has 0 saturated carbocycles. The molecule has 1 saturated heterocycles. The first kappa shape index (κ1) is 17.9. The van der Waals surface area contributed by atoms with Crippen LogP contribution >= 0.6 is 0 Å². The van der Waals surface area contributed by atoms with Crippen LogP contribution in [0.3, 0.4) is 0 Å². The number of methoxy groups -OCH3 is 1. The summed E-state index contributed by atoms with van der Waals surface area (Å²) in [4.78, 5) is 22.6. The molecule has 0 radical (unpaired) electrons. The van der Waals surface area contributed by atoms with Crippen molar-refractivity contribution in [2.75, 3.05) is 32.6 Å². The molecule has 0 bridgehead atoms. The predicted molar refractivity (Wildman–Crippen MR) is 76.0 cm³/mol. The largest absolute Gasteiger partial charge is 0.469 e. The van der Waals surface area contributed by atoms with Gasteiger partial charge >= 0.3 is 11.9 Å². The Bertz CT molecular complexity index is 453. The van der Waals surface area contributed by atoms with Gasteiger partial charge in [-0.3, -0.25) is 9.59 Å². The first-order valence-corrected chi connectivity index (χ1v) is 8.73. The maximum absolute atomic E-state index is 12.1. The molecule has 21 heavy (non-hydrogen) atoms. The molecule has 0 aromatic carbocycles. The first-order chi connectivity index (χ1) is 9.90. The van der Waals surface area contributed by atoms with Gasteiger partial charge in [0.05, 0.1) is 25.4 Å². The van der Waals surface area contributed by atoms with E-state index < -0.39 is 16.0 Å². The van der Waals surface area contributed by atoms with Crippen LogP contribution in [0.15, 0.2) is 0 Å². The van der Waals surface area contributed by atoms with Crippen LogP contribution in [0.5, 0.6) is 0 Å². The van der Waals surface area contributed by atoms with Gasteiger partial charge in [-0.2, -0.15) is 0 Å². The zero-order chi connectivity index (χ0) is 15.9. The standard InChI is InChI=1S/C13H23NO6S/c1-3-20-13(16)11-6-8-14(9-7-11)21(17,18)10-4-5-12(15)19-2/h11H,3-10H2,1-2H3. The van der Waals surface area contributed by atoms with Crippen molar-refractivity contribution < 1.29 is 27.5 Å². The van der Waals surface area contributed by atoms with Crippen LogP contribution in [-0.2, 0) is 29.1 Å². The smallest absolute Gasteiger partial charge is 0.309 e. The zero-order valence-corrected chi connectivity index (χ0v) is 13.4. The van der Waals surface area contributed by atoms with Gasteiger partial charge in [0.25, 0.3) is 0 Å². The molecule has 1 rings (SSSR count). The van der Waals surface area contributed by atoms with E-state index in [1.165, 1.54) is 11.4 Å². The molecule has 7 nitrogen and oxygen atoms in total. The fourth-order valence-electron chi connectivity index (χ4n) is 2.26. The van der Waals surface area contributed by atoms with E-state index in [0.717, 1.165) is 0 Å². The third-order valence-electron chi connectivity index (χ3n) is 3.48. The molecule has 0 atom stereocenters. The summed E-state index contributed by atoms with van der Waals surface area (Å²) in [6, 6.07) is 0. The van der Waals surface area contributed by atoms with Crippen LogP contribution < -0.4 is 0 Å². The van der Waals surface area contributed by atoms with Gasteiger partial charge in [0.1, 0.15) is 0 Å². The second-order valence-corrected chi connectivity index (χ2v) is 7.01. The number of piperidine rings is 1. The maximum atomic E-state index is 12.1. The van der Waals surface area contributed by atoms with Crippen molar-refractivity contribution in [2.45, 2.75) is 32.6 Å². The van der Waals surface area contributed by atoms with E-state index in [2.05, 4.69) is 4.74 Å². The molecule has 1 aliphatic rings. The van der Waals surface area contributed by atoms with Gasteiger partial charge in [0.15, 0.2) is 0 Å². The molecule has 0 aromatic heterocycles. The predicted octanol–water partition coefficient (Wildman–Crippen LogP) is 0.544. The third-order valence-corrected chi connectivity index (χ3v) is 5.43. The topological polar surface area (TPSA) is 90.0 Å². The number of hydrogen-bond donors (Lipinski definition) is 0. The number of nitrogens with zero attached hydrogens (tertiary/aromatic N) is 1. The van der Waals surface area contributed by atoms with Crippen LogP contribution in [0.25, 0.3) is 0 Å². The van der Waals surface area contributed by atoms with Crippen LogP contribution in [-0.4, -0.2) is 57.2 Å². The fourth-order valence-corrected chi connectivity index (χ4v) is 3.79. The van der Waals surface area contributed by atoms with Crippen molar-refractivity contribution in [1.29, 1.82) is 0 Å². The van der Waals surface area contributed by atoms with E-state index in [0.29, 0.717) is 32.5 Å². The molecule has 0 aliphatic carbocycles. The normalized spacial score (nSPS) is 17.4. The van der Waals surface area contributed by atoms with Crippen LogP contribution in [0.1, 0.15) is 32.6 Å². The minimum atomic E-state index is -3.38. The molecule has 0 aromatic rings. The Morgan fingerprint density at radius 1 is 1.24 bits per heavy atom. The SMILES string of the molecule is CCOC(=O)C1CCN(S(=O)(=O)CCCC(=O)OC)CC1. The van der Waals surface area contributed by atoms with Crippen molar-refractivity contribution >= 4 is 22.0 Å². The van der Waals surface area contributed by atoms with E-state index in [1.54, 1.807) is 6.92 Å². The second-order valence-electron chi connectivity index (χ2n) is 4.92. The Labute approximate surface area is 125 Å². The van der Waals surface area contributed by atoms with Crippen LogP contribution in [0.4, 0.5) is 0 Å². The summed E-state index contributed by atoms with van der Waals surface area (Å²) in [5.74, 6) is -0.954. The third kappa shape index (κ3) is 5.62. The van der Waals surface area contributed by atoms with Gasteiger partial charge in [0, 0.05) is 19.5 Å². The summed E-state index contributed by atoms with van der Waals surface area (Å²) in [5, 5.41) is 0. The van der Waals surface area contributed by atoms with Crippen LogP contribution in [0.2, 0.25) is 0 Å². The lowest BCUT2D eigenvalue weighted by Gasteiger charge is -2.30. The lowest BCUT2D eigenvalue weighted by molar-refractivity contribution is -0.149. The Morgan fingerprint density at radius 2 is 1.86 bits per heavy atom. The Hall–Kier alpha value is -1.15. The summed E-state index contributed by atoms with van der Waals surface area (Å²) in [6.07, 6.45) is 1.30. The summed E-state index contributed by atoms with van der Waals surface area (Å²) in [6.45, 7) is 2.73. The number of hydrogen-bond acceptors (Lipinski definition) is 6. The van der Waals surface area contributed by atoms with Crippen molar-refractivity contribution in [2.24, 2.45) is 5.92 Å².